The van der Waals surface area contributed by atoms with Crippen LogP contribution < -0.4 is 5.32 Å². The van der Waals surface area contributed by atoms with Crippen molar-refractivity contribution in [3.05, 3.63) is 67.9 Å². The van der Waals surface area contributed by atoms with Gasteiger partial charge in [0.2, 0.25) is 0 Å². The molecular weight excluding hydrogens is 425 g/mol. The topological polar surface area (TPSA) is 46.9 Å². The third-order valence-corrected chi connectivity index (χ3v) is 5.63. The summed E-state index contributed by atoms with van der Waals surface area (Å²) >= 11 is 19.2. The summed E-state index contributed by atoms with van der Waals surface area (Å²) in [4.78, 5) is 16.9. The number of nitrogens with one attached hydrogen (secondary N) is 1. The third-order valence-electron chi connectivity index (χ3n) is 3.86. The van der Waals surface area contributed by atoms with Crippen molar-refractivity contribution in [3.8, 4) is 0 Å². The number of halogens is 3. The van der Waals surface area contributed by atoms with Crippen LogP contribution >= 0.6 is 46.1 Å². The summed E-state index contributed by atoms with van der Waals surface area (Å²) < 4.78 is 2.44. The van der Waals surface area contributed by atoms with Gasteiger partial charge in [0.25, 0.3) is 5.91 Å². The van der Waals surface area contributed by atoms with E-state index in [1.165, 1.54) is 17.5 Å². The summed E-state index contributed by atoms with van der Waals surface area (Å²) in [7, 11) is 0. The first-order chi connectivity index (χ1) is 12.8. The number of carbonyl (C=O) groups is 1. The van der Waals surface area contributed by atoms with Crippen LogP contribution in [0.4, 0.5) is 5.13 Å². The number of amides is 1. The highest BCUT2D eigenvalue weighted by Gasteiger charge is 2.16. The van der Waals surface area contributed by atoms with Gasteiger partial charge in [-0.25, -0.2) is 4.98 Å². The van der Waals surface area contributed by atoms with Crippen molar-refractivity contribution in [3.63, 3.8) is 0 Å². The van der Waals surface area contributed by atoms with Crippen molar-refractivity contribution in [2.75, 3.05) is 5.32 Å². The minimum Gasteiger partial charge on any atom is -0.339 e. The van der Waals surface area contributed by atoms with Crippen LogP contribution in [0.1, 0.15) is 35.5 Å². The predicted octanol–water partition coefficient (Wildman–Crippen LogP) is 6.40. The van der Waals surface area contributed by atoms with Crippen LogP contribution in [0.2, 0.25) is 14.4 Å². The molecule has 0 unspecified atom stereocenters. The van der Waals surface area contributed by atoms with E-state index >= 15 is 0 Å². The third kappa shape index (κ3) is 5.26. The first-order valence-electron chi connectivity index (χ1n) is 8.37. The summed E-state index contributed by atoms with van der Waals surface area (Å²) in [6, 6.07) is 7.39. The van der Waals surface area contributed by atoms with E-state index in [-0.39, 0.29) is 5.91 Å². The first kappa shape index (κ1) is 20.2. The molecule has 0 fully saturated rings. The van der Waals surface area contributed by atoms with Gasteiger partial charge in [0.05, 0.1) is 16.2 Å². The smallest absolute Gasteiger partial charge is 0.274 e. The van der Waals surface area contributed by atoms with Crippen molar-refractivity contribution < 1.29 is 4.79 Å². The molecule has 3 rings (SSSR count). The number of anilines is 1. The fourth-order valence-corrected chi connectivity index (χ4v) is 3.91. The van der Waals surface area contributed by atoms with Crippen LogP contribution in [0.5, 0.6) is 0 Å². The number of nitrogens with zero attached hydrogens (tertiary/aromatic N) is 2. The molecule has 0 radical (unpaired) electrons. The van der Waals surface area contributed by atoms with Gasteiger partial charge < -0.3 is 4.57 Å². The second kappa shape index (κ2) is 8.65. The molecule has 0 aliphatic heterocycles. The molecule has 2 aromatic heterocycles. The van der Waals surface area contributed by atoms with Gasteiger partial charge in [0, 0.05) is 12.7 Å². The van der Waals surface area contributed by atoms with Gasteiger partial charge in [-0.15, -0.1) is 0 Å². The van der Waals surface area contributed by atoms with Crippen LogP contribution in [-0.4, -0.2) is 15.5 Å². The summed E-state index contributed by atoms with van der Waals surface area (Å²) in [5, 5.41) is 4.28. The molecule has 3 aromatic rings. The summed E-state index contributed by atoms with van der Waals surface area (Å²) in [6.45, 7) is 4.80. The highest BCUT2D eigenvalue weighted by Crippen LogP contribution is 2.25. The van der Waals surface area contributed by atoms with Crippen molar-refractivity contribution in [2.24, 2.45) is 5.92 Å². The van der Waals surface area contributed by atoms with Crippen molar-refractivity contribution >= 4 is 57.2 Å². The molecule has 0 saturated heterocycles. The van der Waals surface area contributed by atoms with Crippen LogP contribution in [0.3, 0.4) is 0 Å². The standard InChI is InChI=1S/C19H18Cl3N3OS/c1-11(2)5-13-7-16(18(26)24-19-23-8-17(22)27-19)25(10-13)9-12-3-4-14(20)15(21)6-12/h3-4,6-8,10-11H,5,9H2,1-2H3,(H,23,24,26). The Hall–Kier alpha value is -1.53. The summed E-state index contributed by atoms with van der Waals surface area (Å²) in [5.41, 5.74) is 2.62. The number of hydrogen-bond acceptors (Lipinski definition) is 3. The fraction of sp³-hybridized carbons (Fsp3) is 0.263. The van der Waals surface area contributed by atoms with E-state index < -0.39 is 0 Å². The Morgan fingerprint density at radius 3 is 2.59 bits per heavy atom. The monoisotopic (exact) mass is 441 g/mol. The zero-order valence-electron chi connectivity index (χ0n) is 14.8. The zero-order valence-corrected chi connectivity index (χ0v) is 17.9. The Morgan fingerprint density at radius 2 is 1.96 bits per heavy atom. The number of hydrogen-bond donors (Lipinski definition) is 1. The quantitative estimate of drug-likeness (QED) is 0.480. The number of carbonyl (C=O) groups excluding carboxylic acids is 1. The van der Waals surface area contributed by atoms with Crippen molar-refractivity contribution in [1.29, 1.82) is 0 Å². The molecule has 27 heavy (non-hydrogen) atoms. The molecular formula is C19H18Cl3N3OS. The number of rotatable bonds is 6. The Kier molecular flexibility index (Phi) is 6.48. The van der Waals surface area contributed by atoms with Gasteiger partial charge in [0.1, 0.15) is 10.0 Å². The van der Waals surface area contributed by atoms with E-state index in [0.29, 0.717) is 37.7 Å². The Bertz CT molecular complexity index is 965. The van der Waals surface area contributed by atoms with E-state index in [4.69, 9.17) is 34.8 Å². The van der Waals surface area contributed by atoms with Gasteiger partial charge >= 0.3 is 0 Å². The largest absolute Gasteiger partial charge is 0.339 e. The highest BCUT2D eigenvalue weighted by atomic mass is 35.5. The lowest BCUT2D eigenvalue weighted by molar-refractivity contribution is 0.101. The molecule has 8 heteroatoms. The van der Waals surface area contributed by atoms with Crippen LogP contribution in [-0.2, 0) is 13.0 Å². The Balaban J connectivity index is 1.89. The lowest BCUT2D eigenvalue weighted by atomic mass is 10.1. The summed E-state index contributed by atoms with van der Waals surface area (Å²) in [5.74, 6) is 0.260. The van der Waals surface area contributed by atoms with Crippen LogP contribution in [0.15, 0.2) is 36.7 Å². The van der Waals surface area contributed by atoms with Gasteiger partial charge in [-0.1, -0.05) is 66.1 Å². The molecule has 0 aliphatic carbocycles. The maximum Gasteiger partial charge on any atom is 0.274 e. The molecule has 1 N–H and O–H groups in total. The minimum atomic E-state index is -0.226. The Labute approximate surface area is 177 Å². The highest BCUT2D eigenvalue weighted by molar-refractivity contribution is 7.19. The molecule has 1 amide bonds. The van der Waals surface area contributed by atoms with Gasteiger partial charge in [-0.05, 0) is 41.7 Å². The Morgan fingerprint density at radius 1 is 1.19 bits per heavy atom. The molecule has 4 nitrogen and oxygen atoms in total. The lowest BCUT2D eigenvalue weighted by Crippen LogP contribution is -2.17. The molecule has 0 bridgehead atoms. The average molecular weight is 443 g/mol. The number of benzene rings is 1. The predicted molar refractivity (Wildman–Crippen MR) is 114 cm³/mol. The molecule has 2 heterocycles. The van der Waals surface area contributed by atoms with Gasteiger partial charge in [-0.3, -0.25) is 10.1 Å². The molecule has 0 spiro atoms. The van der Waals surface area contributed by atoms with E-state index in [1.54, 1.807) is 6.07 Å². The normalized spacial score (nSPS) is 11.2. The molecule has 0 aliphatic rings. The molecule has 0 atom stereocenters. The van der Waals surface area contributed by atoms with Crippen molar-refractivity contribution in [1.82, 2.24) is 9.55 Å². The van der Waals surface area contributed by atoms with E-state index in [2.05, 4.69) is 24.1 Å². The molecule has 1 aromatic carbocycles. The van der Waals surface area contributed by atoms with Crippen LogP contribution in [0.25, 0.3) is 0 Å². The maximum atomic E-state index is 12.8. The van der Waals surface area contributed by atoms with Gasteiger partial charge in [-0.2, -0.15) is 0 Å². The molecule has 0 saturated carbocycles. The van der Waals surface area contributed by atoms with E-state index in [1.807, 2.05) is 29.0 Å². The van der Waals surface area contributed by atoms with E-state index in [0.717, 1.165) is 17.5 Å². The first-order valence-corrected chi connectivity index (χ1v) is 10.3. The SMILES string of the molecule is CC(C)Cc1cc(C(=O)Nc2ncc(Cl)s2)n(Cc2ccc(Cl)c(Cl)c2)c1. The average Bonchev–Trinajstić information content (AvgIpc) is 3.16. The number of aromatic nitrogens is 2. The zero-order chi connectivity index (χ0) is 19.6. The maximum absolute atomic E-state index is 12.8. The van der Waals surface area contributed by atoms with E-state index in [9.17, 15) is 4.79 Å². The minimum absolute atomic E-state index is 0.226. The van der Waals surface area contributed by atoms with Crippen molar-refractivity contribution in [2.45, 2.75) is 26.8 Å². The molecule has 142 valence electrons. The lowest BCUT2D eigenvalue weighted by Gasteiger charge is -2.09. The second-order valence-electron chi connectivity index (χ2n) is 6.63. The fourth-order valence-electron chi connectivity index (χ4n) is 2.78. The second-order valence-corrected chi connectivity index (χ2v) is 9.11. The number of thiazole rings is 1. The van der Waals surface area contributed by atoms with Crippen LogP contribution in [0, 0.1) is 5.92 Å². The summed E-state index contributed by atoms with van der Waals surface area (Å²) in [6.07, 6.45) is 4.41. The van der Waals surface area contributed by atoms with Gasteiger partial charge in [0.15, 0.2) is 5.13 Å².